The molecule has 9 heteroatoms. The predicted octanol–water partition coefficient (Wildman–Crippen LogP) is 3.39. The first-order chi connectivity index (χ1) is 17.6. The van der Waals surface area contributed by atoms with E-state index in [0.29, 0.717) is 23.8 Å². The van der Waals surface area contributed by atoms with E-state index < -0.39 is 0 Å². The number of anilines is 6. The number of hydrogen-bond acceptors (Lipinski definition) is 8. The number of nitrogens with zero attached hydrogens (tertiary/aromatic N) is 6. The van der Waals surface area contributed by atoms with Crippen molar-refractivity contribution in [1.29, 1.82) is 0 Å². The second-order valence-corrected chi connectivity index (χ2v) is 9.42. The third-order valence-corrected chi connectivity index (χ3v) is 7.06. The number of fused-ring (bicyclic) bond motifs is 2. The van der Waals surface area contributed by atoms with Gasteiger partial charge in [-0.15, -0.1) is 0 Å². The van der Waals surface area contributed by atoms with Crippen LogP contribution in [0, 0.1) is 0 Å². The monoisotopic (exact) mass is 482 g/mol. The van der Waals surface area contributed by atoms with Crippen LogP contribution in [0.25, 0.3) is 11.0 Å². The normalized spacial score (nSPS) is 16.1. The molecule has 9 nitrogen and oxygen atoms in total. The van der Waals surface area contributed by atoms with Gasteiger partial charge in [-0.3, -0.25) is 9.36 Å². The lowest BCUT2D eigenvalue weighted by molar-refractivity contribution is 0.313. The molecule has 6 rings (SSSR count). The number of rotatable bonds is 4. The molecule has 2 aliphatic heterocycles. The lowest BCUT2D eigenvalue weighted by Crippen LogP contribution is -2.44. The number of benzene rings is 2. The number of likely N-dealkylation sites (N-methyl/N-ethyl adjacent to an activating group) is 1. The summed E-state index contributed by atoms with van der Waals surface area (Å²) in [5, 5.41) is 7.51. The zero-order chi connectivity index (χ0) is 24.6. The van der Waals surface area contributed by atoms with Gasteiger partial charge in [-0.2, -0.15) is 4.98 Å². The van der Waals surface area contributed by atoms with E-state index in [1.54, 1.807) is 17.8 Å². The molecule has 184 valence electrons. The minimum absolute atomic E-state index is 0.0830. The maximum Gasteiger partial charge on any atom is 0.275 e. The minimum Gasteiger partial charge on any atom is -0.382 e. The molecule has 2 aromatic carbocycles. The van der Waals surface area contributed by atoms with E-state index >= 15 is 0 Å². The van der Waals surface area contributed by atoms with Gasteiger partial charge in [0.05, 0.1) is 11.4 Å². The highest BCUT2D eigenvalue weighted by molar-refractivity contribution is 5.84. The van der Waals surface area contributed by atoms with E-state index in [4.69, 9.17) is 0 Å². The topological polar surface area (TPSA) is 81.6 Å². The molecule has 0 radical (unpaired) electrons. The molecule has 0 atom stereocenters. The standard InChI is InChI=1S/C27H30N8O/c1-32-13-15-34(16-14-32)21-9-7-20(8-10-21)30-27-29-18-19-17-24(26(36)33(2)25(19)31-27)35-12-11-28-22-5-3-4-6-23(22)35/h3-10,17-18,28H,11-16H2,1-2H3,(H,29,30,31). The molecular weight excluding hydrogens is 452 g/mol. The van der Waals surface area contributed by atoms with Gasteiger partial charge in [0.2, 0.25) is 5.95 Å². The Morgan fingerprint density at radius 1 is 0.917 bits per heavy atom. The zero-order valence-electron chi connectivity index (χ0n) is 20.6. The van der Waals surface area contributed by atoms with Crippen LogP contribution in [0.5, 0.6) is 0 Å². The summed E-state index contributed by atoms with van der Waals surface area (Å²) in [6.45, 7) is 5.70. The zero-order valence-corrected chi connectivity index (χ0v) is 20.6. The number of nitrogens with one attached hydrogen (secondary N) is 2. The molecule has 0 aliphatic carbocycles. The van der Waals surface area contributed by atoms with Crippen LogP contribution in [0.15, 0.2) is 65.6 Å². The SMILES string of the molecule is CN1CCN(c2ccc(Nc3ncc4cc(N5CCNc6ccccc65)c(=O)n(C)c4n3)cc2)CC1. The molecule has 4 aromatic rings. The van der Waals surface area contributed by atoms with Gasteiger partial charge in [0, 0.05) is 69.3 Å². The maximum absolute atomic E-state index is 13.4. The molecule has 1 fully saturated rings. The van der Waals surface area contributed by atoms with E-state index in [9.17, 15) is 4.79 Å². The van der Waals surface area contributed by atoms with E-state index in [1.165, 1.54) is 5.69 Å². The van der Waals surface area contributed by atoms with Gasteiger partial charge < -0.3 is 25.3 Å². The summed E-state index contributed by atoms with van der Waals surface area (Å²) in [5.74, 6) is 0.463. The molecule has 36 heavy (non-hydrogen) atoms. The predicted molar refractivity (Wildman–Crippen MR) is 146 cm³/mol. The maximum atomic E-state index is 13.4. The van der Waals surface area contributed by atoms with Crippen LogP contribution in [0.3, 0.4) is 0 Å². The first-order valence-electron chi connectivity index (χ1n) is 12.3. The van der Waals surface area contributed by atoms with Crippen molar-refractivity contribution in [1.82, 2.24) is 19.4 Å². The Bertz CT molecular complexity index is 1460. The number of hydrogen-bond donors (Lipinski definition) is 2. The second kappa shape index (κ2) is 9.16. The van der Waals surface area contributed by atoms with E-state index in [1.807, 2.05) is 42.5 Å². The Balaban J connectivity index is 1.26. The van der Waals surface area contributed by atoms with Gasteiger partial charge in [-0.1, -0.05) is 12.1 Å². The largest absolute Gasteiger partial charge is 0.382 e. The van der Waals surface area contributed by atoms with Crippen molar-refractivity contribution < 1.29 is 0 Å². The molecule has 1 saturated heterocycles. The quantitative estimate of drug-likeness (QED) is 0.458. The minimum atomic E-state index is -0.0830. The van der Waals surface area contributed by atoms with Crippen LogP contribution in [0.1, 0.15) is 0 Å². The van der Waals surface area contributed by atoms with Crippen molar-refractivity contribution in [3.8, 4) is 0 Å². The van der Waals surface area contributed by atoms with Crippen LogP contribution < -0.4 is 26.0 Å². The Morgan fingerprint density at radius 2 is 1.69 bits per heavy atom. The summed E-state index contributed by atoms with van der Waals surface area (Å²) in [6.07, 6.45) is 1.78. The highest BCUT2D eigenvalue weighted by Gasteiger charge is 2.22. The Morgan fingerprint density at radius 3 is 2.50 bits per heavy atom. The third kappa shape index (κ3) is 4.11. The van der Waals surface area contributed by atoms with Crippen molar-refractivity contribution in [3.63, 3.8) is 0 Å². The molecule has 0 bridgehead atoms. The number of piperazine rings is 1. The molecule has 2 aliphatic rings. The second-order valence-electron chi connectivity index (χ2n) is 9.42. The summed E-state index contributed by atoms with van der Waals surface area (Å²) < 4.78 is 1.61. The molecule has 0 saturated carbocycles. The fourth-order valence-corrected chi connectivity index (χ4v) is 4.96. The van der Waals surface area contributed by atoms with Crippen molar-refractivity contribution in [2.75, 3.05) is 66.7 Å². The Hall–Kier alpha value is -4.11. The highest BCUT2D eigenvalue weighted by atomic mass is 16.1. The fourth-order valence-electron chi connectivity index (χ4n) is 4.96. The van der Waals surface area contributed by atoms with Gasteiger partial charge >= 0.3 is 0 Å². The van der Waals surface area contributed by atoms with E-state index in [2.05, 4.69) is 54.5 Å². The average molecular weight is 483 g/mol. The third-order valence-electron chi connectivity index (χ3n) is 7.06. The molecule has 0 unspecified atom stereocenters. The highest BCUT2D eigenvalue weighted by Crippen LogP contribution is 2.33. The summed E-state index contributed by atoms with van der Waals surface area (Å²) in [5.41, 5.74) is 5.30. The fraction of sp³-hybridized carbons (Fsp3) is 0.296. The van der Waals surface area contributed by atoms with E-state index in [-0.39, 0.29) is 5.56 Å². The van der Waals surface area contributed by atoms with Crippen molar-refractivity contribution in [2.24, 2.45) is 7.05 Å². The van der Waals surface area contributed by atoms with Crippen LogP contribution in [-0.2, 0) is 7.05 Å². The van der Waals surface area contributed by atoms with E-state index in [0.717, 1.165) is 55.2 Å². The first-order valence-corrected chi connectivity index (χ1v) is 12.3. The number of aromatic nitrogens is 3. The number of aryl methyl sites for hydroxylation is 1. The van der Waals surface area contributed by atoms with Crippen LogP contribution in [-0.4, -0.2) is 65.8 Å². The Kier molecular flexibility index (Phi) is 5.69. The Labute approximate surface area is 210 Å². The van der Waals surface area contributed by atoms with Gasteiger partial charge in [0.1, 0.15) is 11.3 Å². The van der Waals surface area contributed by atoms with Gasteiger partial charge in [-0.05, 0) is 49.5 Å². The summed E-state index contributed by atoms with van der Waals surface area (Å²) in [7, 11) is 3.93. The van der Waals surface area contributed by atoms with Gasteiger partial charge in [-0.25, -0.2) is 4.98 Å². The van der Waals surface area contributed by atoms with Crippen molar-refractivity contribution >= 4 is 45.4 Å². The molecule has 4 heterocycles. The van der Waals surface area contributed by atoms with Gasteiger partial charge in [0.25, 0.3) is 5.56 Å². The summed E-state index contributed by atoms with van der Waals surface area (Å²) in [4.78, 5) is 29.4. The molecule has 2 aromatic heterocycles. The molecule has 0 spiro atoms. The molecule has 0 amide bonds. The molecular formula is C27H30N8O. The smallest absolute Gasteiger partial charge is 0.275 e. The first kappa shape index (κ1) is 22.4. The lowest BCUT2D eigenvalue weighted by Gasteiger charge is -2.34. The average Bonchev–Trinajstić information content (AvgIpc) is 2.92. The molecule has 2 N–H and O–H groups in total. The summed E-state index contributed by atoms with van der Waals surface area (Å²) in [6, 6.07) is 18.3. The van der Waals surface area contributed by atoms with Crippen molar-refractivity contribution in [2.45, 2.75) is 0 Å². The van der Waals surface area contributed by atoms with Crippen LogP contribution >= 0.6 is 0 Å². The van der Waals surface area contributed by atoms with Crippen LogP contribution in [0.4, 0.5) is 34.4 Å². The summed E-state index contributed by atoms with van der Waals surface area (Å²) >= 11 is 0. The van der Waals surface area contributed by atoms with Crippen LogP contribution in [0.2, 0.25) is 0 Å². The number of para-hydroxylation sites is 2. The lowest BCUT2D eigenvalue weighted by atomic mass is 10.1. The van der Waals surface area contributed by atoms with Gasteiger partial charge in [0.15, 0.2) is 0 Å². The number of pyridine rings is 1. The van der Waals surface area contributed by atoms with Crippen molar-refractivity contribution in [3.05, 3.63) is 71.1 Å².